The first-order valence-electron chi connectivity index (χ1n) is 7.54. The highest BCUT2D eigenvalue weighted by Crippen LogP contribution is 2.36. The quantitative estimate of drug-likeness (QED) is 0.783. The molecule has 0 saturated heterocycles. The van der Waals surface area contributed by atoms with Gasteiger partial charge in [0, 0.05) is 18.0 Å². The van der Waals surface area contributed by atoms with Crippen molar-refractivity contribution in [1.82, 2.24) is 4.98 Å². The third kappa shape index (κ3) is 3.33. The van der Waals surface area contributed by atoms with Crippen LogP contribution in [0.15, 0.2) is 42.2 Å². The second kappa shape index (κ2) is 5.72. The van der Waals surface area contributed by atoms with Crippen LogP contribution in [0.4, 0.5) is 0 Å². The van der Waals surface area contributed by atoms with Crippen LogP contribution in [0.2, 0.25) is 0 Å². The van der Waals surface area contributed by atoms with Crippen molar-refractivity contribution >= 4 is 6.08 Å². The molecule has 0 atom stereocenters. The van der Waals surface area contributed by atoms with Crippen molar-refractivity contribution in [3.8, 4) is 16.9 Å². The molecule has 21 heavy (non-hydrogen) atoms. The smallest absolute Gasteiger partial charge is 0.127 e. The van der Waals surface area contributed by atoms with Gasteiger partial charge in [-0.05, 0) is 74.6 Å². The topological polar surface area (TPSA) is 22.1 Å². The van der Waals surface area contributed by atoms with Crippen LogP contribution in [0.25, 0.3) is 17.2 Å². The Morgan fingerprint density at radius 1 is 1.14 bits per heavy atom. The number of nitrogens with zero attached hydrogens (tertiary/aromatic N) is 1. The summed E-state index contributed by atoms with van der Waals surface area (Å²) in [4.78, 5) is 4.10. The molecule has 0 N–H and O–H groups in total. The number of pyridine rings is 1. The van der Waals surface area contributed by atoms with Gasteiger partial charge in [0.05, 0.1) is 6.10 Å². The van der Waals surface area contributed by atoms with E-state index in [1.807, 2.05) is 24.5 Å². The lowest BCUT2D eigenvalue weighted by Gasteiger charge is -2.16. The number of hydrogen-bond donors (Lipinski definition) is 0. The molecule has 2 heteroatoms. The molecule has 1 aromatic carbocycles. The molecule has 1 aliphatic rings. The predicted molar refractivity (Wildman–Crippen MR) is 87.4 cm³/mol. The number of benzene rings is 1. The molecule has 1 fully saturated rings. The first-order chi connectivity index (χ1) is 10.1. The summed E-state index contributed by atoms with van der Waals surface area (Å²) in [5, 5.41) is 0. The van der Waals surface area contributed by atoms with E-state index in [1.165, 1.54) is 40.7 Å². The van der Waals surface area contributed by atoms with E-state index in [0.29, 0.717) is 0 Å². The average molecular weight is 279 g/mol. The Morgan fingerprint density at radius 3 is 2.48 bits per heavy atom. The lowest BCUT2D eigenvalue weighted by molar-refractivity contribution is 0.242. The fourth-order valence-corrected chi connectivity index (χ4v) is 2.46. The van der Waals surface area contributed by atoms with E-state index in [9.17, 15) is 0 Å². The molecular formula is C19H21NO. The van der Waals surface area contributed by atoms with E-state index in [0.717, 1.165) is 5.75 Å². The van der Waals surface area contributed by atoms with Gasteiger partial charge < -0.3 is 4.74 Å². The predicted octanol–water partition coefficient (Wildman–Crippen LogP) is 5.02. The van der Waals surface area contributed by atoms with E-state index in [2.05, 4.69) is 44.0 Å². The number of hydrogen-bond acceptors (Lipinski definition) is 2. The van der Waals surface area contributed by atoms with E-state index in [-0.39, 0.29) is 6.10 Å². The third-order valence-corrected chi connectivity index (χ3v) is 3.61. The van der Waals surface area contributed by atoms with Crippen molar-refractivity contribution in [1.29, 1.82) is 0 Å². The minimum atomic E-state index is 0.175. The van der Waals surface area contributed by atoms with Gasteiger partial charge in [0.1, 0.15) is 5.75 Å². The number of rotatable bonds is 4. The fraction of sp³-hybridized carbons (Fsp3) is 0.316. The summed E-state index contributed by atoms with van der Waals surface area (Å²) in [7, 11) is 0. The maximum Gasteiger partial charge on any atom is 0.127 e. The zero-order chi connectivity index (χ0) is 14.8. The van der Waals surface area contributed by atoms with Crippen LogP contribution in [0.5, 0.6) is 5.75 Å². The van der Waals surface area contributed by atoms with Crippen LogP contribution < -0.4 is 4.74 Å². The Hall–Kier alpha value is -2.09. The van der Waals surface area contributed by atoms with Crippen molar-refractivity contribution in [3.05, 3.63) is 53.4 Å². The van der Waals surface area contributed by atoms with Crippen molar-refractivity contribution in [2.75, 3.05) is 0 Å². The minimum Gasteiger partial charge on any atom is -0.490 e. The number of aromatic nitrogens is 1. The highest BCUT2D eigenvalue weighted by molar-refractivity contribution is 5.74. The Kier molecular flexibility index (Phi) is 3.78. The highest BCUT2D eigenvalue weighted by atomic mass is 16.5. The summed E-state index contributed by atoms with van der Waals surface area (Å²) < 4.78 is 6.03. The first kappa shape index (κ1) is 13.9. The molecule has 2 nitrogen and oxygen atoms in total. The molecule has 108 valence electrons. The SMILES string of the molecule is Cc1cc(C=C2CC2)c(OC(C)C)cc1-c1ccncc1. The van der Waals surface area contributed by atoms with E-state index in [1.54, 1.807) is 0 Å². The Balaban J connectivity index is 2.08. The second-order valence-electron chi connectivity index (χ2n) is 5.91. The van der Waals surface area contributed by atoms with Gasteiger partial charge in [0.2, 0.25) is 0 Å². The molecular weight excluding hydrogens is 258 g/mol. The number of allylic oxidation sites excluding steroid dienone is 1. The number of aryl methyl sites for hydroxylation is 1. The van der Waals surface area contributed by atoms with E-state index in [4.69, 9.17) is 4.74 Å². The van der Waals surface area contributed by atoms with Crippen LogP contribution in [0.1, 0.15) is 37.8 Å². The summed E-state index contributed by atoms with van der Waals surface area (Å²) in [6.07, 6.45) is 8.57. The third-order valence-electron chi connectivity index (χ3n) is 3.61. The summed E-state index contributed by atoms with van der Waals surface area (Å²) in [6, 6.07) is 8.49. The molecule has 3 rings (SSSR count). The van der Waals surface area contributed by atoms with Crippen molar-refractivity contribution in [3.63, 3.8) is 0 Å². The first-order valence-corrected chi connectivity index (χ1v) is 7.54. The molecule has 0 spiro atoms. The molecule has 0 radical (unpaired) electrons. The molecule has 0 amide bonds. The molecule has 0 aliphatic heterocycles. The van der Waals surface area contributed by atoms with Gasteiger partial charge in [-0.3, -0.25) is 4.98 Å². The Bertz CT molecular complexity index is 665. The summed E-state index contributed by atoms with van der Waals surface area (Å²) in [5.41, 5.74) is 6.38. The standard InChI is InChI=1S/C19H21NO/c1-13(2)21-19-12-18(16-6-8-20-9-7-16)14(3)10-17(19)11-15-4-5-15/h6-13H,4-5H2,1-3H3. The van der Waals surface area contributed by atoms with Gasteiger partial charge in [-0.15, -0.1) is 0 Å². The van der Waals surface area contributed by atoms with Crippen molar-refractivity contribution in [2.45, 2.75) is 39.7 Å². The van der Waals surface area contributed by atoms with Gasteiger partial charge >= 0.3 is 0 Å². The Labute approximate surface area is 126 Å². The zero-order valence-corrected chi connectivity index (χ0v) is 12.9. The van der Waals surface area contributed by atoms with Crippen LogP contribution in [-0.4, -0.2) is 11.1 Å². The van der Waals surface area contributed by atoms with Crippen LogP contribution in [-0.2, 0) is 0 Å². The van der Waals surface area contributed by atoms with Crippen LogP contribution in [0.3, 0.4) is 0 Å². The molecule has 1 saturated carbocycles. The van der Waals surface area contributed by atoms with Gasteiger partial charge in [0.25, 0.3) is 0 Å². The monoisotopic (exact) mass is 279 g/mol. The molecule has 1 aromatic heterocycles. The average Bonchev–Trinajstić information content (AvgIpc) is 3.26. The van der Waals surface area contributed by atoms with Gasteiger partial charge in [-0.25, -0.2) is 0 Å². The van der Waals surface area contributed by atoms with Gasteiger partial charge in [0.15, 0.2) is 0 Å². The molecule has 1 aliphatic carbocycles. The maximum absolute atomic E-state index is 6.03. The molecule has 0 unspecified atom stereocenters. The lowest BCUT2D eigenvalue weighted by Crippen LogP contribution is -2.07. The molecule has 0 bridgehead atoms. The largest absolute Gasteiger partial charge is 0.490 e. The summed E-state index contributed by atoms with van der Waals surface area (Å²) in [6.45, 7) is 6.30. The van der Waals surface area contributed by atoms with Crippen molar-refractivity contribution < 1.29 is 4.74 Å². The van der Waals surface area contributed by atoms with E-state index < -0.39 is 0 Å². The van der Waals surface area contributed by atoms with Gasteiger partial charge in [-0.2, -0.15) is 0 Å². The molecule has 1 heterocycles. The summed E-state index contributed by atoms with van der Waals surface area (Å²) in [5.74, 6) is 0.974. The minimum absolute atomic E-state index is 0.175. The maximum atomic E-state index is 6.03. The fourth-order valence-electron chi connectivity index (χ4n) is 2.46. The Morgan fingerprint density at radius 2 is 1.86 bits per heavy atom. The van der Waals surface area contributed by atoms with Crippen LogP contribution in [0, 0.1) is 6.92 Å². The zero-order valence-electron chi connectivity index (χ0n) is 12.9. The lowest BCUT2D eigenvalue weighted by atomic mass is 9.98. The number of ether oxygens (including phenoxy) is 1. The second-order valence-corrected chi connectivity index (χ2v) is 5.91. The van der Waals surface area contributed by atoms with Crippen LogP contribution >= 0.6 is 0 Å². The van der Waals surface area contributed by atoms with Gasteiger partial charge in [-0.1, -0.05) is 11.6 Å². The normalized spacial score (nSPS) is 13.4. The highest BCUT2D eigenvalue weighted by Gasteiger charge is 2.15. The molecule has 2 aromatic rings. The van der Waals surface area contributed by atoms with E-state index >= 15 is 0 Å². The van der Waals surface area contributed by atoms with Crippen molar-refractivity contribution in [2.24, 2.45) is 0 Å². The summed E-state index contributed by atoms with van der Waals surface area (Å²) >= 11 is 0.